The van der Waals surface area contributed by atoms with Gasteiger partial charge in [-0.25, -0.2) is 9.97 Å². The van der Waals surface area contributed by atoms with E-state index >= 15 is 0 Å². The van der Waals surface area contributed by atoms with Crippen LogP contribution in [0.15, 0.2) is 6.33 Å². The molecular formula is C14H18ClN3S. The Kier molecular flexibility index (Phi) is 3.63. The Morgan fingerprint density at radius 2 is 2.05 bits per heavy atom. The summed E-state index contributed by atoms with van der Waals surface area (Å²) in [5.74, 6) is 0.949. The molecular weight excluding hydrogens is 278 g/mol. The van der Waals surface area contributed by atoms with Gasteiger partial charge in [0.15, 0.2) is 0 Å². The Balaban J connectivity index is 1.96. The highest BCUT2D eigenvalue weighted by molar-refractivity contribution is 7.18. The Bertz CT molecular complexity index is 596. The van der Waals surface area contributed by atoms with E-state index in [1.54, 1.807) is 17.7 Å². The Morgan fingerprint density at radius 1 is 1.26 bits per heavy atom. The maximum atomic E-state index is 6.43. The average molecular weight is 296 g/mol. The van der Waals surface area contributed by atoms with Crippen molar-refractivity contribution in [3.8, 4) is 0 Å². The third-order valence-electron chi connectivity index (χ3n) is 3.97. The molecule has 1 aliphatic rings. The van der Waals surface area contributed by atoms with Gasteiger partial charge in [0, 0.05) is 10.9 Å². The molecule has 2 atom stereocenters. The van der Waals surface area contributed by atoms with Gasteiger partial charge in [-0.15, -0.1) is 22.9 Å². The van der Waals surface area contributed by atoms with Gasteiger partial charge in [-0.05, 0) is 32.3 Å². The summed E-state index contributed by atoms with van der Waals surface area (Å²) < 4.78 is 0. The summed E-state index contributed by atoms with van der Waals surface area (Å²) in [4.78, 5) is 11.2. The van der Waals surface area contributed by atoms with Gasteiger partial charge >= 0.3 is 0 Å². The molecule has 102 valence electrons. The first kappa shape index (κ1) is 13.1. The average Bonchev–Trinajstić information content (AvgIpc) is 2.69. The monoisotopic (exact) mass is 295 g/mol. The molecule has 0 radical (unpaired) electrons. The molecule has 1 aliphatic carbocycles. The van der Waals surface area contributed by atoms with Crippen LogP contribution in [0.4, 0.5) is 5.82 Å². The van der Waals surface area contributed by atoms with Crippen molar-refractivity contribution in [2.75, 3.05) is 5.32 Å². The van der Waals surface area contributed by atoms with Crippen LogP contribution in [0, 0.1) is 13.8 Å². The molecule has 1 saturated carbocycles. The van der Waals surface area contributed by atoms with Crippen molar-refractivity contribution in [1.29, 1.82) is 0 Å². The standard InChI is InChI=1S/C14H18ClN3S/c1-8-9(2)19-14-12(8)13(16-7-17-14)18-11-6-4-3-5-10(11)15/h7,10-11H,3-6H2,1-2H3,(H,16,17,18). The van der Waals surface area contributed by atoms with E-state index in [2.05, 4.69) is 29.1 Å². The van der Waals surface area contributed by atoms with Crippen LogP contribution in [0.3, 0.4) is 0 Å². The second kappa shape index (κ2) is 5.25. The zero-order valence-corrected chi connectivity index (χ0v) is 12.8. The summed E-state index contributed by atoms with van der Waals surface area (Å²) in [5, 5.41) is 4.92. The topological polar surface area (TPSA) is 37.8 Å². The van der Waals surface area contributed by atoms with Gasteiger partial charge in [0.25, 0.3) is 0 Å². The molecule has 3 nitrogen and oxygen atoms in total. The van der Waals surface area contributed by atoms with Gasteiger partial charge in [-0.3, -0.25) is 0 Å². The lowest BCUT2D eigenvalue weighted by Crippen LogP contribution is -2.33. The highest BCUT2D eigenvalue weighted by Crippen LogP contribution is 2.34. The van der Waals surface area contributed by atoms with E-state index in [9.17, 15) is 0 Å². The molecule has 1 fully saturated rings. The summed E-state index contributed by atoms with van der Waals surface area (Å²) in [6.07, 6.45) is 6.35. The Hall–Kier alpha value is -0.870. The number of alkyl halides is 1. The zero-order chi connectivity index (χ0) is 13.4. The number of anilines is 1. The second-order valence-corrected chi connectivity index (χ2v) is 7.00. The number of halogens is 1. The van der Waals surface area contributed by atoms with E-state index in [4.69, 9.17) is 11.6 Å². The molecule has 2 heterocycles. The summed E-state index contributed by atoms with van der Waals surface area (Å²) in [6, 6.07) is 0.327. The second-order valence-electron chi connectivity index (χ2n) is 5.24. The number of aryl methyl sites for hydroxylation is 2. The molecule has 2 unspecified atom stereocenters. The minimum atomic E-state index is 0.207. The zero-order valence-electron chi connectivity index (χ0n) is 11.2. The first-order chi connectivity index (χ1) is 9.16. The van der Waals surface area contributed by atoms with Crippen LogP contribution in [0.25, 0.3) is 10.2 Å². The van der Waals surface area contributed by atoms with Crippen molar-refractivity contribution in [3.05, 3.63) is 16.8 Å². The summed E-state index contributed by atoms with van der Waals surface area (Å²) in [5.41, 5.74) is 1.28. The number of rotatable bonds is 2. The molecule has 5 heteroatoms. The minimum absolute atomic E-state index is 0.207. The van der Waals surface area contributed by atoms with E-state index in [0.717, 1.165) is 23.5 Å². The van der Waals surface area contributed by atoms with E-state index in [0.29, 0.717) is 6.04 Å². The van der Waals surface area contributed by atoms with Crippen molar-refractivity contribution in [3.63, 3.8) is 0 Å². The van der Waals surface area contributed by atoms with Gasteiger partial charge in [0.05, 0.1) is 10.8 Å². The molecule has 2 aromatic heterocycles. The summed E-state index contributed by atoms with van der Waals surface area (Å²) in [7, 11) is 0. The number of fused-ring (bicyclic) bond motifs is 1. The van der Waals surface area contributed by atoms with Crippen LogP contribution in [0.5, 0.6) is 0 Å². The molecule has 0 amide bonds. The third kappa shape index (κ3) is 2.43. The van der Waals surface area contributed by atoms with Crippen LogP contribution in [-0.4, -0.2) is 21.4 Å². The van der Waals surface area contributed by atoms with Crippen LogP contribution >= 0.6 is 22.9 Å². The highest BCUT2D eigenvalue weighted by Gasteiger charge is 2.24. The number of nitrogens with zero attached hydrogens (tertiary/aromatic N) is 2. The van der Waals surface area contributed by atoms with Gasteiger partial charge in [-0.2, -0.15) is 0 Å². The SMILES string of the molecule is Cc1sc2ncnc(NC3CCCCC3Cl)c2c1C. The Labute approximate surface area is 122 Å². The molecule has 0 spiro atoms. The number of hydrogen-bond acceptors (Lipinski definition) is 4. The molecule has 2 aromatic rings. The van der Waals surface area contributed by atoms with Crippen molar-refractivity contribution in [2.45, 2.75) is 50.9 Å². The maximum Gasteiger partial charge on any atom is 0.138 e. The molecule has 0 bridgehead atoms. The third-order valence-corrected chi connectivity index (χ3v) is 5.61. The summed E-state index contributed by atoms with van der Waals surface area (Å²) in [6.45, 7) is 4.28. The van der Waals surface area contributed by atoms with Crippen LogP contribution in [-0.2, 0) is 0 Å². The molecule has 0 saturated heterocycles. The fourth-order valence-electron chi connectivity index (χ4n) is 2.72. The van der Waals surface area contributed by atoms with E-state index in [1.165, 1.54) is 28.7 Å². The van der Waals surface area contributed by atoms with Crippen LogP contribution < -0.4 is 5.32 Å². The van der Waals surface area contributed by atoms with Crippen LogP contribution in [0.2, 0.25) is 0 Å². The van der Waals surface area contributed by atoms with E-state index in [1.807, 2.05) is 0 Å². The molecule has 0 aliphatic heterocycles. The van der Waals surface area contributed by atoms with Crippen molar-refractivity contribution in [2.24, 2.45) is 0 Å². The molecule has 19 heavy (non-hydrogen) atoms. The Morgan fingerprint density at radius 3 is 2.84 bits per heavy atom. The smallest absolute Gasteiger partial charge is 0.138 e. The largest absolute Gasteiger partial charge is 0.365 e. The first-order valence-corrected chi connectivity index (χ1v) is 8.03. The lowest BCUT2D eigenvalue weighted by molar-refractivity contribution is 0.469. The highest BCUT2D eigenvalue weighted by atomic mass is 35.5. The van der Waals surface area contributed by atoms with Gasteiger partial charge in [0.2, 0.25) is 0 Å². The summed E-state index contributed by atoms with van der Waals surface area (Å²) >= 11 is 8.16. The lowest BCUT2D eigenvalue weighted by atomic mass is 9.95. The number of hydrogen-bond donors (Lipinski definition) is 1. The normalized spacial score (nSPS) is 23.7. The number of thiophene rings is 1. The van der Waals surface area contributed by atoms with Crippen LogP contribution in [0.1, 0.15) is 36.1 Å². The predicted molar refractivity (Wildman–Crippen MR) is 82.4 cm³/mol. The maximum absolute atomic E-state index is 6.43. The van der Waals surface area contributed by atoms with E-state index in [-0.39, 0.29) is 5.38 Å². The predicted octanol–water partition coefficient (Wildman–Crippen LogP) is 4.27. The molecule has 3 rings (SSSR count). The van der Waals surface area contributed by atoms with Crippen molar-refractivity contribution < 1.29 is 0 Å². The lowest BCUT2D eigenvalue weighted by Gasteiger charge is -2.28. The number of nitrogens with one attached hydrogen (secondary N) is 1. The quantitative estimate of drug-likeness (QED) is 0.841. The number of aromatic nitrogens is 2. The molecule has 0 aromatic carbocycles. The van der Waals surface area contributed by atoms with Gasteiger partial charge in [-0.1, -0.05) is 12.8 Å². The van der Waals surface area contributed by atoms with Gasteiger partial charge in [0.1, 0.15) is 17.0 Å². The fraction of sp³-hybridized carbons (Fsp3) is 0.571. The first-order valence-electron chi connectivity index (χ1n) is 6.78. The van der Waals surface area contributed by atoms with E-state index < -0.39 is 0 Å². The fourth-order valence-corrected chi connectivity index (χ4v) is 4.06. The van der Waals surface area contributed by atoms with Crippen molar-refractivity contribution >= 4 is 39.0 Å². The van der Waals surface area contributed by atoms with Crippen molar-refractivity contribution in [1.82, 2.24) is 9.97 Å². The minimum Gasteiger partial charge on any atom is -0.365 e. The molecule has 1 N–H and O–H groups in total. The van der Waals surface area contributed by atoms with Gasteiger partial charge < -0.3 is 5.32 Å².